The van der Waals surface area contributed by atoms with Crippen molar-refractivity contribution < 1.29 is 17.9 Å². The molecule has 0 bridgehead atoms. The van der Waals surface area contributed by atoms with Crippen molar-refractivity contribution in [1.29, 1.82) is 0 Å². The molecule has 0 aromatic heterocycles. The second-order valence-electron chi connectivity index (χ2n) is 3.03. The fraction of sp³-hybridized carbons (Fsp3) is 0.273. The van der Waals surface area contributed by atoms with Crippen molar-refractivity contribution in [3.63, 3.8) is 0 Å². The zero-order valence-electron chi connectivity index (χ0n) is 8.30. The molecule has 1 nitrogen and oxygen atoms in total. The van der Waals surface area contributed by atoms with Crippen LogP contribution in [-0.4, -0.2) is 18.1 Å². The molecular formula is C11H10BrF3O. The van der Waals surface area contributed by atoms with E-state index in [2.05, 4.69) is 20.7 Å². The van der Waals surface area contributed by atoms with E-state index in [0.717, 1.165) is 10.9 Å². The molecule has 0 N–H and O–H groups in total. The molecule has 0 aliphatic heterocycles. The zero-order chi connectivity index (χ0) is 12.0. The minimum Gasteiger partial charge on any atom is -0.484 e. The van der Waals surface area contributed by atoms with Gasteiger partial charge in [-0.25, -0.2) is 0 Å². The van der Waals surface area contributed by atoms with Crippen molar-refractivity contribution in [2.45, 2.75) is 6.18 Å². The van der Waals surface area contributed by atoms with Crippen LogP contribution in [0.15, 0.2) is 30.3 Å². The number of rotatable bonds is 4. The maximum atomic E-state index is 11.8. The number of alkyl halides is 4. The first-order valence-corrected chi connectivity index (χ1v) is 5.65. The van der Waals surface area contributed by atoms with Crippen LogP contribution in [0.4, 0.5) is 13.2 Å². The van der Waals surface area contributed by atoms with Gasteiger partial charge in [0.15, 0.2) is 6.61 Å². The summed E-state index contributed by atoms with van der Waals surface area (Å²) in [6, 6.07) is 6.43. The van der Waals surface area contributed by atoms with E-state index in [1.807, 2.05) is 12.2 Å². The van der Waals surface area contributed by atoms with Gasteiger partial charge in [0.25, 0.3) is 0 Å². The van der Waals surface area contributed by atoms with E-state index in [-0.39, 0.29) is 5.75 Å². The Bertz CT molecular complexity index is 343. The molecule has 0 fully saturated rings. The van der Waals surface area contributed by atoms with Gasteiger partial charge in [0, 0.05) is 5.33 Å². The Morgan fingerprint density at radius 3 is 2.31 bits per heavy atom. The quantitative estimate of drug-likeness (QED) is 0.762. The molecule has 0 atom stereocenters. The summed E-state index contributed by atoms with van der Waals surface area (Å²) >= 11 is 3.23. The van der Waals surface area contributed by atoms with Gasteiger partial charge in [-0.05, 0) is 17.7 Å². The lowest BCUT2D eigenvalue weighted by atomic mass is 10.2. The Kier molecular flexibility index (Phi) is 4.86. The number of halogens is 4. The molecule has 0 radical (unpaired) electrons. The van der Waals surface area contributed by atoms with E-state index in [0.29, 0.717) is 0 Å². The molecule has 1 aromatic rings. The molecule has 0 unspecified atom stereocenters. The van der Waals surface area contributed by atoms with E-state index in [1.54, 1.807) is 12.1 Å². The number of hydrogen-bond acceptors (Lipinski definition) is 1. The van der Waals surface area contributed by atoms with Crippen LogP contribution in [0, 0.1) is 0 Å². The van der Waals surface area contributed by atoms with Crippen molar-refractivity contribution in [3.8, 4) is 5.75 Å². The standard InChI is InChI=1S/C11H10BrF3O/c12-7-1-2-9-3-5-10(6-4-9)16-8-11(13,14)15/h1-6H,7-8H2. The second kappa shape index (κ2) is 5.94. The summed E-state index contributed by atoms with van der Waals surface area (Å²) in [4.78, 5) is 0. The number of hydrogen-bond donors (Lipinski definition) is 0. The average molecular weight is 295 g/mol. The van der Waals surface area contributed by atoms with Crippen LogP contribution in [0.3, 0.4) is 0 Å². The van der Waals surface area contributed by atoms with Crippen LogP contribution in [0.2, 0.25) is 0 Å². The molecule has 0 aliphatic rings. The highest BCUT2D eigenvalue weighted by molar-refractivity contribution is 9.09. The van der Waals surface area contributed by atoms with E-state index in [9.17, 15) is 13.2 Å². The molecule has 0 aliphatic carbocycles. The molecule has 1 aromatic carbocycles. The molecular weight excluding hydrogens is 285 g/mol. The molecule has 88 valence electrons. The third-order valence-electron chi connectivity index (χ3n) is 1.68. The fourth-order valence-corrected chi connectivity index (χ4v) is 1.21. The summed E-state index contributed by atoms with van der Waals surface area (Å²) in [5.74, 6) is 0.216. The van der Waals surface area contributed by atoms with Gasteiger partial charge in [-0.2, -0.15) is 13.2 Å². The average Bonchev–Trinajstić information content (AvgIpc) is 2.24. The lowest BCUT2D eigenvalue weighted by Crippen LogP contribution is -2.19. The van der Waals surface area contributed by atoms with Gasteiger partial charge < -0.3 is 4.74 Å². The zero-order valence-corrected chi connectivity index (χ0v) is 9.88. The van der Waals surface area contributed by atoms with Gasteiger partial charge in [-0.15, -0.1) is 0 Å². The Hall–Kier alpha value is -0.970. The third-order valence-corrected chi connectivity index (χ3v) is 2.06. The molecule has 0 spiro atoms. The van der Waals surface area contributed by atoms with Gasteiger partial charge in [0.05, 0.1) is 0 Å². The molecule has 0 saturated heterocycles. The monoisotopic (exact) mass is 294 g/mol. The largest absolute Gasteiger partial charge is 0.484 e. The molecule has 1 rings (SSSR count). The maximum absolute atomic E-state index is 11.8. The summed E-state index contributed by atoms with van der Waals surface area (Å²) in [5, 5.41) is 0.735. The Morgan fingerprint density at radius 2 is 1.81 bits per heavy atom. The lowest BCUT2D eigenvalue weighted by molar-refractivity contribution is -0.153. The summed E-state index contributed by atoms with van der Waals surface area (Å²) < 4.78 is 40.1. The van der Waals surface area contributed by atoms with Crippen LogP contribution < -0.4 is 4.74 Å². The van der Waals surface area contributed by atoms with Gasteiger partial charge in [0.1, 0.15) is 5.75 Å². The molecule has 0 saturated carbocycles. The minimum absolute atomic E-state index is 0.216. The Balaban J connectivity index is 2.55. The van der Waals surface area contributed by atoms with Crippen LogP contribution in [0.1, 0.15) is 5.56 Å². The Labute approximate surface area is 100 Å². The number of ether oxygens (including phenoxy) is 1. The highest BCUT2D eigenvalue weighted by atomic mass is 79.9. The third kappa shape index (κ3) is 5.21. The van der Waals surface area contributed by atoms with Gasteiger partial charge in [-0.1, -0.05) is 40.2 Å². The van der Waals surface area contributed by atoms with Crippen LogP contribution in [0.5, 0.6) is 5.75 Å². The first kappa shape index (κ1) is 13.1. The van der Waals surface area contributed by atoms with Crippen LogP contribution >= 0.6 is 15.9 Å². The predicted molar refractivity (Wildman–Crippen MR) is 60.8 cm³/mol. The van der Waals surface area contributed by atoms with Crippen molar-refractivity contribution in [2.75, 3.05) is 11.9 Å². The van der Waals surface area contributed by atoms with Crippen molar-refractivity contribution in [3.05, 3.63) is 35.9 Å². The van der Waals surface area contributed by atoms with Crippen molar-refractivity contribution in [1.82, 2.24) is 0 Å². The highest BCUT2D eigenvalue weighted by Crippen LogP contribution is 2.19. The first-order valence-electron chi connectivity index (χ1n) is 4.53. The number of benzene rings is 1. The van der Waals surface area contributed by atoms with E-state index in [1.165, 1.54) is 12.1 Å². The highest BCUT2D eigenvalue weighted by Gasteiger charge is 2.28. The van der Waals surface area contributed by atoms with Crippen molar-refractivity contribution >= 4 is 22.0 Å². The predicted octanol–water partition coefficient (Wildman–Crippen LogP) is 4.04. The van der Waals surface area contributed by atoms with Gasteiger partial charge in [0.2, 0.25) is 0 Å². The lowest BCUT2D eigenvalue weighted by Gasteiger charge is -2.08. The molecule has 5 heteroatoms. The summed E-state index contributed by atoms with van der Waals surface area (Å²) in [5.41, 5.74) is 0.916. The second-order valence-corrected chi connectivity index (χ2v) is 3.68. The fourth-order valence-electron chi connectivity index (χ4n) is 1.02. The van der Waals surface area contributed by atoms with Gasteiger partial charge >= 0.3 is 6.18 Å². The summed E-state index contributed by atoms with van der Waals surface area (Å²) in [6.07, 6.45) is -0.539. The van der Waals surface area contributed by atoms with Crippen LogP contribution in [-0.2, 0) is 0 Å². The first-order chi connectivity index (χ1) is 7.51. The SMILES string of the molecule is FC(F)(F)COc1ccc(C=CCBr)cc1. The molecule has 0 heterocycles. The summed E-state index contributed by atoms with van der Waals surface area (Å²) in [7, 11) is 0. The maximum Gasteiger partial charge on any atom is 0.422 e. The Morgan fingerprint density at radius 1 is 1.19 bits per heavy atom. The topological polar surface area (TPSA) is 9.23 Å². The van der Waals surface area contributed by atoms with Crippen molar-refractivity contribution in [2.24, 2.45) is 0 Å². The van der Waals surface area contributed by atoms with E-state index in [4.69, 9.17) is 0 Å². The molecule has 16 heavy (non-hydrogen) atoms. The normalized spacial score (nSPS) is 12.0. The van der Waals surface area contributed by atoms with Crippen LogP contribution in [0.25, 0.3) is 6.08 Å². The van der Waals surface area contributed by atoms with E-state index < -0.39 is 12.8 Å². The van der Waals surface area contributed by atoms with Gasteiger partial charge in [-0.3, -0.25) is 0 Å². The minimum atomic E-state index is -4.30. The molecule has 0 amide bonds. The number of allylic oxidation sites excluding steroid dienone is 1. The smallest absolute Gasteiger partial charge is 0.422 e. The summed E-state index contributed by atoms with van der Waals surface area (Å²) in [6.45, 7) is -1.26. The van der Waals surface area contributed by atoms with E-state index >= 15 is 0 Å².